The molecule has 0 spiro atoms. The molecule has 0 amide bonds. The molecule has 0 aliphatic heterocycles. The van der Waals surface area contributed by atoms with Crippen molar-refractivity contribution in [3.05, 3.63) is 58.0 Å². The molecule has 2 rings (SSSR count). The van der Waals surface area contributed by atoms with Gasteiger partial charge in [-0.25, -0.2) is 0 Å². The van der Waals surface area contributed by atoms with Gasteiger partial charge in [0.15, 0.2) is 0 Å². The number of nitrogens with one attached hydrogen (secondary N) is 1. The predicted octanol–water partition coefficient (Wildman–Crippen LogP) is 2.91. The number of aryl methyl sites for hydroxylation is 2. The molecule has 16 heavy (non-hydrogen) atoms. The molecule has 0 fully saturated rings. The topological polar surface area (TPSA) is 32.9 Å². The van der Waals surface area contributed by atoms with Crippen LogP contribution in [0.1, 0.15) is 18.2 Å². The summed E-state index contributed by atoms with van der Waals surface area (Å²) < 4.78 is 0. The lowest BCUT2D eigenvalue weighted by Crippen LogP contribution is -2.13. The van der Waals surface area contributed by atoms with E-state index in [1.165, 1.54) is 0 Å². The smallest absolute Gasteiger partial charge is 0.251 e. The van der Waals surface area contributed by atoms with Crippen LogP contribution in [0.5, 0.6) is 0 Å². The van der Waals surface area contributed by atoms with Crippen LogP contribution in [-0.4, -0.2) is 4.98 Å². The minimum absolute atomic E-state index is 0.0275. The number of hydrogen-bond donors (Lipinski definition) is 1. The van der Waals surface area contributed by atoms with Crippen molar-refractivity contribution in [1.82, 2.24) is 4.98 Å². The van der Waals surface area contributed by atoms with Gasteiger partial charge in [-0.1, -0.05) is 37.3 Å². The Balaban J connectivity index is 2.62. The third-order valence-electron chi connectivity index (χ3n) is 2.78. The molecule has 1 N–H and O–H groups in total. The molecule has 0 atom stereocenters. The van der Waals surface area contributed by atoms with Gasteiger partial charge in [-0.15, -0.1) is 0 Å². The van der Waals surface area contributed by atoms with Gasteiger partial charge in [0.25, 0.3) is 5.56 Å². The summed E-state index contributed by atoms with van der Waals surface area (Å²) in [6, 6.07) is 12.1. The molecule has 0 saturated heterocycles. The second kappa shape index (κ2) is 4.35. The Labute approximate surface area is 95.0 Å². The number of benzene rings is 1. The number of pyridine rings is 1. The van der Waals surface area contributed by atoms with E-state index in [0.717, 1.165) is 28.8 Å². The number of H-pyrrole nitrogens is 1. The van der Waals surface area contributed by atoms with Crippen LogP contribution in [0.4, 0.5) is 0 Å². The predicted molar refractivity (Wildman–Crippen MR) is 66.6 cm³/mol. The second-order valence-electron chi connectivity index (χ2n) is 3.88. The Morgan fingerprint density at radius 2 is 1.88 bits per heavy atom. The fourth-order valence-corrected chi connectivity index (χ4v) is 1.85. The first-order chi connectivity index (χ1) is 7.72. The van der Waals surface area contributed by atoms with Crippen LogP contribution in [0.15, 0.2) is 41.2 Å². The summed E-state index contributed by atoms with van der Waals surface area (Å²) in [5, 5.41) is 0. The fourth-order valence-electron chi connectivity index (χ4n) is 1.85. The molecule has 0 saturated carbocycles. The number of aromatic amines is 1. The summed E-state index contributed by atoms with van der Waals surface area (Å²) in [6.07, 6.45) is 0.759. The van der Waals surface area contributed by atoms with E-state index in [0.29, 0.717) is 0 Å². The van der Waals surface area contributed by atoms with Gasteiger partial charge >= 0.3 is 0 Å². The van der Waals surface area contributed by atoms with Gasteiger partial charge in [-0.2, -0.15) is 0 Å². The van der Waals surface area contributed by atoms with Gasteiger partial charge < -0.3 is 4.98 Å². The first kappa shape index (κ1) is 10.7. The molecule has 1 aromatic carbocycles. The van der Waals surface area contributed by atoms with E-state index >= 15 is 0 Å². The van der Waals surface area contributed by atoms with E-state index in [1.807, 2.05) is 38.1 Å². The Bertz CT molecular complexity index is 540. The molecule has 2 heteroatoms. The van der Waals surface area contributed by atoms with E-state index in [2.05, 4.69) is 17.1 Å². The lowest BCUT2D eigenvalue weighted by atomic mass is 10.0. The highest BCUT2D eigenvalue weighted by Gasteiger charge is 2.05. The Morgan fingerprint density at radius 1 is 1.19 bits per heavy atom. The van der Waals surface area contributed by atoms with Gasteiger partial charge in [0.2, 0.25) is 0 Å². The maximum Gasteiger partial charge on any atom is 0.251 e. The van der Waals surface area contributed by atoms with Gasteiger partial charge in [-0.3, -0.25) is 4.79 Å². The zero-order valence-electron chi connectivity index (χ0n) is 9.58. The lowest BCUT2D eigenvalue weighted by Gasteiger charge is -2.07. The Morgan fingerprint density at radius 3 is 2.50 bits per heavy atom. The molecule has 82 valence electrons. The van der Waals surface area contributed by atoms with E-state index in [9.17, 15) is 4.79 Å². The van der Waals surface area contributed by atoms with Crippen molar-refractivity contribution in [2.24, 2.45) is 0 Å². The monoisotopic (exact) mass is 213 g/mol. The Hall–Kier alpha value is -1.83. The summed E-state index contributed by atoms with van der Waals surface area (Å²) in [7, 11) is 0. The quantitative estimate of drug-likeness (QED) is 0.817. The molecule has 2 aromatic rings. The average molecular weight is 213 g/mol. The maximum atomic E-state index is 11.6. The zero-order valence-corrected chi connectivity index (χ0v) is 9.58. The number of rotatable bonds is 2. The van der Waals surface area contributed by atoms with Crippen molar-refractivity contribution < 1.29 is 0 Å². The fraction of sp³-hybridized carbons (Fsp3) is 0.214. The van der Waals surface area contributed by atoms with Crippen molar-refractivity contribution in [1.29, 1.82) is 0 Å². The highest BCUT2D eigenvalue weighted by Crippen LogP contribution is 2.21. The van der Waals surface area contributed by atoms with E-state index in [4.69, 9.17) is 0 Å². The standard InChI is InChI=1S/C14H15NO/c1-3-11-9-13(10(2)15-14(11)16)12-7-5-4-6-8-12/h4-9H,3H2,1-2H3,(H,15,16). The normalized spacial score (nSPS) is 10.4. The van der Waals surface area contributed by atoms with Crippen molar-refractivity contribution in [2.75, 3.05) is 0 Å². The van der Waals surface area contributed by atoms with Crippen molar-refractivity contribution in [3.63, 3.8) is 0 Å². The molecule has 0 aliphatic carbocycles. The van der Waals surface area contributed by atoms with Gasteiger partial charge in [0.05, 0.1) is 0 Å². The molecule has 2 nitrogen and oxygen atoms in total. The van der Waals surface area contributed by atoms with Gasteiger partial charge in [-0.05, 0) is 25.0 Å². The first-order valence-corrected chi connectivity index (χ1v) is 5.50. The number of hydrogen-bond acceptors (Lipinski definition) is 1. The second-order valence-corrected chi connectivity index (χ2v) is 3.88. The van der Waals surface area contributed by atoms with E-state index in [1.54, 1.807) is 0 Å². The highest BCUT2D eigenvalue weighted by atomic mass is 16.1. The SMILES string of the molecule is CCc1cc(-c2ccccc2)c(C)[nH]c1=O. The third kappa shape index (κ3) is 1.91. The van der Waals surface area contributed by atoms with Crippen LogP contribution in [0.2, 0.25) is 0 Å². The minimum atomic E-state index is 0.0275. The van der Waals surface area contributed by atoms with Crippen LogP contribution in [0, 0.1) is 6.92 Å². The lowest BCUT2D eigenvalue weighted by molar-refractivity contribution is 1.03. The molecule has 0 radical (unpaired) electrons. The van der Waals surface area contributed by atoms with E-state index in [-0.39, 0.29) is 5.56 Å². The van der Waals surface area contributed by atoms with E-state index < -0.39 is 0 Å². The van der Waals surface area contributed by atoms with Crippen molar-refractivity contribution in [2.45, 2.75) is 20.3 Å². The van der Waals surface area contributed by atoms with Crippen molar-refractivity contribution >= 4 is 0 Å². The van der Waals surface area contributed by atoms with Crippen LogP contribution in [-0.2, 0) is 6.42 Å². The van der Waals surface area contributed by atoms with Crippen LogP contribution in [0.3, 0.4) is 0 Å². The number of aromatic nitrogens is 1. The summed E-state index contributed by atoms with van der Waals surface area (Å²) in [4.78, 5) is 14.5. The molecule has 1 aromatic heterocycles. The minimum Gasteiger partial charge on any atom is -0.326 e. The largest absolute Gasteiger partial charge is 0.326 e. The molecular formula is C14H15NO. The highest BCUT2D eigenvalue weighted by molar-refractivity contribution is 5.66. The van der Waals surface area contributed by atoms with Crippen molar-refractivity contribution in [3.8, 4) is 11.1 Å². The Kier molecular flexibility index (Phi) is 2.91. The van der Waals surface area contributed by atoms with Gasteiger partial charge in [0, 0.05) is 16.8 Å². The molecule has 0 unspecified atom stereocenters. The summed E-state index contributed by atoms with van der Waals surface area (Å²) in [5.41, 5.74) is 4.04. The summed E-state index contributed by atoms with van der Waals surface area (Å²) >= 11 is 0. The molecule has 0 aliphatic rings. The molecule has 0 bridgehead atoms. The molecule has 1 heterocycles. The molecular weight excluding hydrogens is 198 g/mol. The van der Waals surface area contributed by atoms with Crippen LogP contribution >= 0.6 is 0 Å². The maximum absolute atomic E-state index is 11.6. The van der Waals surface area contributed by atoms with Crippen LogP contribution < -0.4 is 5.56 Å². The average Bonchev–Trinajstić information content (AvgIpc) is 2.30. The first-order valence-electron chi connectivity index (χ1n) is 5.50. The zero-order chi connectivity index (χ0) is 11.5. The van der Waals surface area contributed by atoms with Crippen LogP contribution in [0.25, 0.3) is 11.1 Å². The summed E-state index contributed by atoms with van der Waals surface area (Å²) in [5.74, 6) is 0. The third-order valence-corrected chi connectivity index (χ3v) is 2.78. The summed E-state index contributed by atoms with van der Waals surface area (Å²) in [6.45, 7) is 3.93. The van der Waals surface area contributed by atoms with Gasteiger partial charge in [0.1, 0.15) is 0 Å².